The highest BCUT2D eigenvalue weighted by Gasteiger charge is 2.00. The van der Waals surface area contributed by atoms with Crippen LogP contribution in [-0.4, -0.2) is 28.7 Å². The molecule has 0 fully saturated rings. The maximum absolute atomic E-state index is 10.9. The van der Waals surface area contributed by atoms with Crippen molar-refractivity contribution in [3.05, 3.63) is 35.9 Å². The van der Waals surface area contributed by atoms with Crippen LogP contribution in [0, 0.1) is 0 Å². The minimum Gasteiger partial charge on any atom is -0.478 e. The van der Waals surface area contributed by atoms with E-state index in [0.29, 0.717) is 11.3 Å². The molecule has 5 heteroatoms. The number of aliphatic hydroxyl groups is 1. The van der Waals surface area contributed by atoms with E-state index >= 15 is 0 Å². The molecule has 3 N–H and O–H groups in total. The highest BCUT2D eigenvalue weighted by molar-refractivity contribution is 5.93. The first-order valence-electron chi connectivity index (χ1n) is 5.39. The summed E-state index contributed by atoms with van der Waals surface area (Å²) in [6.07, 6.45) is 2.47. The van der Waals surface area contributed by atoms with Crippen LogP contribution >= 0.6 is 0 Å². The largest absolute Gasteiger partial charge is 0.478 e. The molecule has 98 valence electrons. The number of carbonyl (C=O) groups is 2. The van der Waals surface area contributed by atoms with Gasteiger partial charge in [-0.15, -0.1) is 0 Å². The summed E-state index contributed by atoms with van der Waals surface area (Å²) in [7, 11) is 0. The Morgan fingerprint density at radius 3 is 2.39 bits per heavy atom. The van der Waals surface area contributed by atoms with Crippen LogP contribution in [-0.2, 0) is 9.59 Å². The molecule has 0 aromatic heterocycles. The van der Waals surface area contributed by atoms with Gasteiger partial charge in [-0.25, -0.2) is 4.79 Å². The van der Waals surface area contributed by atoms with Crippen molar-refractivity contribution in [2.45, 2.75) is 13.8 Å². The van der Waals surface area contributed by atoms with Crippen molar-refractivity contribution in [1.82, 2.24) is 0 Å². The molecule has 0 aliphatic heterocycles. The summed E-state index contributed by atoms with van der Waals surface area (Å²) < 4.78 is 0. The second-order valence-corrected chi connectivity index (χ2v) is 3.26. The maximum Gasteiger partial charge on any atom is 0.328 e. The molecule has 1 amide bonds. The summed E-state index contributed by atoms with van der Waals surface area (Å²) in [4.78, 5) is 21.2. The molecule has 1 aromatic carbocycles. The van der Waals surface area contributed by atoms with Gasteiger partial charge in [0.1, 0.15) is 0 Å². The van der Waals surface area contributed by atoms with E-state index in [1.807, 2.05) is 0 Å². The van der Waals surface area contributed by atoms with Crippen LogP contribution in [0.3, 0.4) is 0 Å². The number of hydrogen-bond donors (Lipinski definition) is 3. The lowest BCUT2D eigenvalue weighted by molar-refractivity contribution is -0.131. The van der Waals surface area contributed by atoms with Gasteiger partial charge in [0.15, 0.2) is 0 Å². The molecule has 0 spiro atoms. The average molecular weight is 251 g/mol. The topological polar surface area (TPSA) is 86.6 Å². The number of amides is 1. The van der Waals surface area contributed by atoms with Gasteiger partial charge < -0.3 is 15.5 Å². The Labute approximate surface area is 106 Å². The third kappa shape index (κ3) is 7.19. The Balaban J connectivity index is 0.000000873. The second-order valence-electron chi connectivity index (χ2n) is 3.26. The number of benzene rings is 1. The molecule has 1 aromatic rings. The molecular formula is C13H17NO4. The van der Waals surface area contributed by atoms with Crippen LogP contribution < -0.4 is 5.32 Å². The maximum atomic E-state index is 10.9. The molecule has 5 nitrogen and oxygen atoms in total. The van der Waals surface area contributed by atoms with E-state index in [1.54, 1.807) is 31.2 Å². The third-order valence-electron chi connectivity index (χ3n) is 1.68. The average Bonchev–Trinajstić information content (AvgIpc) is 2.28. The molecular weight excluding hydrogens is 234 g/mol. The normalized spacial score (nSPS) is 9.50. The van der Waals surface area contributed by atoms with E-state index < -0.39 is 5.97 Å². The van der Waals surface area contributed by atoms with Gasteiger partial charge in [-0.05, 0) is 24.6 Å². The van der Waals surface area contributed by atoms with Crippen molar-refractivity contribution in [3.8, 4) is 0 Å². The fraction of sp³-hybridized carbons (Fsp3) is 0.231. The number of aliphatic carboxylic acids is 1. The lowest BCUT2D eigenvalue weighted by atomic mass is 10.1. The Bertz CT molecular complexity index is 427. The summed E-state index contributed by atoms with van der Waals surface area (Å²) in [6, 6.07) is 6.98. The van der Waals surface area contributed by atoms with E-state index in [0.717, 1.165) is 6.08 Å². The number of hydrogen-bond acceptors (Lipinski definition) is 3. The Hall–Kier alpha value is -2.14. The highest BCUT2D eigenvalue weighted by atomic mass is 16.4. The number of carboxylic acid groups (broad SMARTS) is 1. The van der Waals surface area contributed by atoms with Gasteiger partial charge in [0, 0.05) is 25.3 Å². The van der Waals surface area contributed by atoms with Gasteiger partial charge in [0.05, 0.1) is 0 Å². The number of anilines is 1. The number of nitrogens with one attached hydrogen (secondary N) is 1. The first-order valence-corrected chi connectivity index (χ1v) is 5.39. The fourth-order valence-corrected chi connectivity index (χ4v) is 1.11. The number of carboxylic acids is 1. The van der Waals surface area contributed by atoms with Crippen molar-refractivity contribution in [2.75, 3.05) is 11.9 Å². The summed E-state index contributed by atoms with van der Waals surface area (Å²) >= 11 is 0. The molecule has 0 bridgehead atoms. The van der Waals surface area contributed by atoms with Crippen LogP contribution in [0.15, 0.2) is 30.3 Å². The van der Waals surface area contributed by atoms with Gasteiger partial charge in [-0.1, -0.05) is 18.2 Å². The summed E-state index contributed by atoms with van der Waals surface area (Å²) in [5, 5.41) is 18.7. The zero-order valence-electron chi connectivity index (χ0n) is 10.4. The molecule has 0 radical (unpaired) electrons. The predicted octanol–water partition coefficient (Wildman–Crippen LogP) is 1.74. The monoisotopic (exact) mass is 251 g/mol. The van der Waals surface area contributed by atoms with Gasteiger partial charge in [-0.2, -0.15) is 0 Å². The fourth-order valence-electron chi connectivity index (χ4n) is 1.11. The quantitative estimate of drug-likeness (QED) is 0.714. The van der Waals surface area contributed by atoms with Crippen molar-refractivity contribution in [3.63, 3.8) is 0 Å². The van der Waals surface area contributed by atoms with E-state index in [2.05, 4.69) is 5.32 Å². The number of para-hydroxylation sites is 1. The standard InChI is InChI=1S/C11H11NO3.C2H6O/c1-8(13)12-10-5-3-2-4-9(10)6-7-11(14)15;1-2-3/h2-7H,1H3,(H,12,13)(H,14,15);3H,2H2,1H3/b7-6+;. The molecule has 0 atom stereocenters. The third-order valence-corrected chi connectivity index (χ3v) is 1.68. The van der Waals surface area contributed by atoms with Crippen LogP contribution in [0.25, 0.3) is 6.08 Å². The van der Waals surface area contributed by atoms with Crippen molar-refractivity contribution in [1.29, 1.82) is 0 Å². The highest BCUT2D eigenvalue weighted by Crippen LogP contribution is 2.16. The van der Waals surface area contributed by atoms with Gasteiger partial charge >= 0.3 is 5.97 Å². The Morgan fingerprint density at radius 1 is 1.33 bits per heavy atom. The molecule has 0 aliphatic rings. The van der Waals surface area contributed by atoms with E-state index in [1.165, 1.54) is 13.0 Å². The van der Waals surface area contributed by atoms with Gasteiger partial charge in [0.25, 0.3) is 0 Å². The molecule has 0 saturated carbocycles. The Kier molecular flexibility index (Phi) is 7.89. The van der Waals surface area contributed by atoms with E-state index in [4.69, 9.17) is 10.2 Å². The van der Waals surface area contributed by atoms with Gasteiger partial charge in [-0.3, -0.25) is 4.79 Å². The zero-order chi connectivity index (χ0) is 14.0. The molecule has 0 aliphatic carbocycles. The van der Waals surface area contributed by atoms with Crippen LogP contribution in [0.1, 0.15) is 19.4 Å². The first-order chi connectivity index (χ1) is 8.51. The Morgan fingerprint density at radius 2 is 1.89 bits per heavy atom. The number of aliphatic hydroxyl groups excluding tert-OH is 1. The minimum atomic E-state index is -1.02. The van der Waals surface area contributed by atoms with Gasteiger partial charge in [0.2, 0.25) is 5.91 Å². The second kappa shape index (κ2) is 8.95. The summed E-state index contributed by atoms with van der Waals surface area (Å²) in [5.41, 5.74) is 1.26. The number of rotatable bonds is 3. The van der Waals surface area contributed by atoms with Crippen molar-refractivity contribution in [2.24, 2.45) is 0 Å². The minimum absolute atomic E-state index is 0.189. The summed E-state index contributed by atoms with van der Waals surface area (Å²) in [5.74, 6) is -1.21. The molecule has 0 unspecified atom stereocenters. The first kappa shape index (κ1) is 15.9. The molecule has 0 heterocycles. The van der Waals surface area contributed by atoms with E-state index in [-0.39, 0.29) is 12.5 Å². The lowest BCUT2D eigenvalue weighted by Crippen LogP contribution is -2.06. The smallest absolute Gasteiger partial charge is 0.328 e. The van der Waals surface area contributed by atoms with E-state index in [9.17, 15) is 9.59 Å². The van der Waals surface area contributed by atoms with Crippen LogP contribution in [0.4, 0.5) is 5.69 Å². The lowest BCUT2D eigenvalue weighted by Gasteiger charge is -2.05. The molecule has 18 heavy (non-hydrogen) atoms. The SMILES string of the molecule is CC(=O)Nc1ccccc1/C=C/C(=O)O.CCO. The van der Waals surface area contributed by atoms with Crippen LogP contribution in [0.5, 0.6) is 0 Å². The zero-order valence-corrected chi connectivity index (χ0v) is 10.4. The predicted molar refractivity (Wildman–Crippen MR) is 70.2 cm³/mol. The van der Waals surface area contributed by atoms with Crippen LogP contribution in [0.2, 0.25) is 0 Å². The summed E-state index contributed by atoms with van der Waals surface area (Å²) in [6.45, 7) is 3.33. The van der Waals surface area contributed by atoms with Crippen molar-refractivity contribution >= 4 is 23.6 Å². The molecule has 0 saturated heterocycles. The molecule has 1 rings (SSSR count). The van der Waals surface area contributed by atoms with Crippen molar-refractivity contribution < 1.29 is 19.8 Å². The number of carbonyl (C=O) groups excluding carboxylic acids is 1.